The van der Waals surface area contributed by atoms with Crippen LogP contribution in [0, 0.1) is 12.7 Å². The number of aryl methyl sites for hydroxylation is 1. The Morgan fingerprint density at radius 1 is 1.03 bits per heavy atom. The van der Waals surface area contributed by atoms with Crippen molar-refractivity contribution in [1.29, 1.82) is 0 Å². The molecule has 1 amide bonds. The van der Waals surface area contributed by atoms with Crippen LogP contribution in [-0.4, -0.2) is 51.3 Å². The van der Waals surface area contributed by atoms with Crippen LogP contribution in [0.15, 0.2) is 47.5 Å². The van der Waals surface area contributed by atoms with Crippen molar-refractivity contribution in [1.82, 2.24) is 16.0 Å². The van der Waals surface area contributed by atoms with Gasteiger partial charge in [0.2, 0.25) is 0 Å². The number of ether oxygens (including phenoxy) is 2. The fourth-order valence-electron chi connectivity index (χ4n) is 2.89. The topological polar surface area (TPSA) is 84.0 Å². The SMILES string of the molecule is CCNC(=NCc1ccc(C)cc1OCCOCC)NCCNC(=O)c1ccccc1F.I. The summed E-state index contributed by atoms with van der Waals surface area (Å²) in [5.74, 6) is 0.431. The third kappa shape index (κ3) is 10.4. The Balaban J connectivity index is 0.00000544. The molecule has 0 spiro atoms. The first-order chi connectivity index (χ1) is 15.5. The van der Waals surface area contributed by atoms with Gasteiger partial charge in [0, 0.05) is 31.8 Å². The number of aliphatic imine (C=N–C) groups is 1. The molecule has 0 bridgehead atoms. The number of carbonyl (C=O) groups is 1. The lowest BCUT2D eigenvalue weighted by Crippen LogP contribution is -2.41. The monoisotopic (exact) mass is 572 g/mol. The van der Waals surface area contributed by atoms with E-state index in [1.807, 2.05) is 39.0 Å². The number of nitrogens with one attached hydrogen (secondary N) is 3. The van der Waals surface area contributed by atoms with Gasteiger partial charge in [0.25, 0.3) is 5.91 Å². The summed E-state index contributed by atoms with van der Waals surface area (Å²) < 4.78 is 24.9. The predicted molar refractivity (Wildman–Crippen MR) is 140 cm³/mol. The van der Waals surface area contributed by atoms with Gasteiger partial charge in [-0.2, -0.15) is 0 Å². The van der Waals surface area contributed by atoms with Gasteiger partial charge in [0.15, 0.2) is 5.96 Å². The van der Waals surface area contributed by atoms with E-state index < -0.39 is 11.7 Å². The van der Waals surface area contributed by atoms with Crippen LogP contribution in [0.4, 0.5) is 4.39 Å². The fraction of sp³-hybridized carbons (Fsp3) is 0.417. The van der Waals surface area contributed by atoms with Gasteiger partial charge in [-0.1, -0.05) is 24.3 Å². The zero-order valence-electron chi connectivity index (χ0n) is 19.4. The Kier molecular flexibility index (Phi) is 14.1. The van der Waals surface area contributed by atoms with E-state index in [1.54, 1.807) is 12.1 Å². The number of amides is 1. The Morgan fingerprint density at radius 2 is 1.79 bits per heavy atom. The molecule has 182 valence electrons. The minimum atomic E-state index is -0.537. The Bertz CT molecular complexity index is 896. The average Bonchev–Trinajstić information content (AvgIpc) is 2.79. The Morgan fingerprint density at radius 3 is 2.52 bits per heavy atom. The van der Waals surface area contributed by atoms with E-state index in [9.17, 15) is 9.18 Å². The molecule has 2 aromatic rings. The summed E-state index contributed by atoms with van der Waals surface area (Å²) in [5.41, 5.74) is 2.11. The van der Waals surface area contributed by atoms with Crippen molar-refractivity contribution in [3.8, 4) is 5.75 Å². The predicted octanol–water partition coefficient (Wildman–Crippen LogP) is 3.65. The van der Waals surface area contributed by atoms with Crippen LogP contribution in [0.1, 0.15) is 35.3 Å². The van der Waals surface area contributed by atoms with Crippen LogP contribution < -0.4 is 20.7 Å². The molecule has 0 heterocycles. The van der Waals surface area contributed by atoms with Gasteiger partial charge in [-0.25, -0.2) is 9.38 Å². The van der Waals surface area contributed by atoms with Crippen molar-refractivity contribution >= 4 is 35.8 Å². The van der Waals surface area contributed by atoms with E-state index in [1.165, 1.54) is 12.1 Å². The number of hydrogen-bond acceptors (Lipinski definition) is 4. The van der Waals surface area contributed by atoms with Gasteiger partial charge >= 0.3 is 0 Å². The van der Waals surface area contributed by atoms with Crippen LogP contribution in [0.3, 0.4) is 0 Å². The lowest BCUT2D eigenvalue weighted by molar-refractivity contribution is 0.0950. The summed E-state index contributed by atoms with van der Waals surface area (Å²) in [6, 6.07) is 11.9. The number of benzene rings is 2. The lowest BCUT2D eigenvalue weighted by Gasteiger charge is -2.14. The molecule has 0 aromatic heterocycles. The molecule has 3 N–H and O–H groups in total. The molecule has 0 saturated carbocycles. The highest BCUT2D eigenvalue weighted by atomic mass is 127. The van der Waals surface area contributed by atoms with Gasteiger partial charge in [-0.3, -0.25) is 4.79 Å². The van der Waals surface area contributed by atoms with Crippen molar-refractivity contribution in [3.05, 3.63) is 65.0 Å². The van der Waals surface area contributed by atoms with Gasteiger partial charge < -0.3 is 25.4 Å². The van der Waals surface area contributed by atoms with Crippen LogP contribution >= 0.6 is 24.0 Å². The molecule has 2 rings (SSSR count). The number of carbonyl (C=O) groups excluding carboxylic acids is 1. The average molecular weight is 572 g/mol. The highest BCUT2D eigenvalue weighted by Crippen LogP contribution is 2.21. The van der Waals surface area contributed by atoms with Gasteiger partial charge in [-0.15, -0.1) is 24.0 Å². The lowest BCUT2D eigenvalue weighted by atomic mass is 10.1. The molecule has 0 aliphatic carbocycles. The molecule has 0 radical (unpaired) electrons. The third-order valence-electron chi connectivity index (χ3n) is 4.49. The molecule has 0 unspecified atom stereocenters. The maximum absolute atomic E-state index is 13.7. The number of hydrogen-bond donors (Lipinski definition) is 3. The summed E-state index contributed by atoms with van der Waals surface area (Å²) in [6.07, 6.45) is 0. The second-order valence-corrected chi connectivity index (χ2v) is 7.01. The van der Waals surface area contributed by atoms with E-state index >= 15 is 0 Å². The second-order valence-electron chi connectivity index (χ2n) is 7.01. The molecule has 0 aliphatic rings. The number of nitrogens with zero attached hydrogens (tertiary/aromatic N) is 1. The highest BCUT2D eigenvalue weighted by Gasteiger charge is 2.10. The molecule has 7 nitrogen and oxygen atoms in total. The number of rotatable bonds is 12. The third-order valence-corrected chi connectivity index (χ3v) is 4.49. The first kappa shape index (κ1) is 28.6. The molecule has 33 heavy (non-hydrogen) atoms. The van der Waals surface area contributed by atoms with E-state index in [-0.39, 0.29) is 29.5 Å². The summed E-state index contributed by atoms with van der Waals surface area (Å²) in [7, 11) is 0. The van der Waals surface area contributed by atoms with Crippen molar-refractivity contribution in [2.75, 3.05) is 39.5 Å². The molecule has 9 heteroatoms. The Hall–Kier alpha value is -2.40. The van der Waals surface area contributed by atoms with E-state index in [2.05, 4.69) is 20.9 Å². The van der Waals surface area contributed by atoms with Crippen LogP contribution in [0.5, 0.6) is 5.75 Å². The van der Waals surface area contributed by atoms with Crippen molar-refractivity contribution < 1.29 is 18.7 Å². The zero-order valence-corrected chi connectivity index (χ0v) is 21.8. The minimum absolute atomic E-state index is 0. The number of halogens is 2. The first-order valence-electron chi connectivity index (χ1n) is 10.9. The summed E-state index contributed by atoms with van der Waals surface area (Å²) in [6.45, 7) is 9.52. The smallest absolute Gasteiger partial charge is 0.254 e. The number of guanidine groups is 1. The quantitative estimate of drug-likeness (QED) is 0.157. The molecular weight excluding hydrogens is 538 g/mol. The van der Waals surface area contributed by atoms with E-state index in [0.717, 1.165) is 16.9 Å². The zero-order chi connectivity index (χ0) is 23.2. The molecule has 0 fully saturated rings. The summed E-state index contributed by atoms with van der Waals surface area (Å²) in [4.78, 5) is 16.7. The highest BCUT2D eigenvalue weighted by molar-refractivity contribution is 14.0. The van der Waals surface area contributed by atoms with Crippen molar-refractivity contribution in [2.24, 2.45) is 4.99 Å². The second kappa shape index (κ2) is 16.2. The van der Waals surface area contributed by atoms with Crippen LogP contribution in [0.25, 0.3) is 0 Å². The first-order valence-corrected chi connectivity index (χ1v) is 10.9. The van der Waals surface area contributed by atoms with Crippen molar-refractivity contribution in [3.63, 3.8) is 0 Å². The maximum atomic E-state index is 13.7. The summed E-state index contributed by atoms with van der Waals surface area (Å²) >= 11 is 0. The minimum Gasteiger partial charge on any atom is -0.491 e. The standard InChI is InChI=1S/C24H33FN4O3.HI/c1-4-26-24(28-13-12-27-23(30)20-8-6-7-9-21(20)25)29-17-19-11-10-18(3)16-22(19)32-15-14-31-5-2;/h6-11,16H,4-5,12-15,17H2,1-3H3,(H,27,30)(H2,26,28,29);1H. The summed E-state index contributed by atoms with van der Waals surface area (Å²) in [5, 5.41) is 9.05. The fourth-order valence-corrected chi connectivity index (χ4v) is 2.89. The van der Waals surface area contributed by atoms with Crippen LogP contribution in [-0.2, 0) is 11.3 Å². The molecular formula is C24H34FIN4O3. The molecule has 0 aliphatic heterocycles. The van der Waals surface area contributed by atoms with Crippen molar-refractivity contribution in [2.45, 2.75) is 27.3 Å². The largest absolute Gasteiger partial charge is 0.491 e. The molecule has 0 saturated heterocycles. The van der Waals surface area contributed by atoms with E-state index in [0.29, 0.717) is 52.0 Å². The van der Waals surface area contributed by atoms with Gasteiger partial charge in [-0.05, 0) is 44.5 Å². The normalized spacial score (nSPS) is 10.8. The molecule has 2 aromatic carbocycles. The van der Waals surface area contributed by atoms with Gasteiger partial charge in [0.05, 0.1) is 18.7 Å². The maximum Gasteiger partial charge on any atom is 0.254 e. The van der Waals surface area contributed by atoms with E-state index in [4.69, 9.17) is 9.47 Å². The van der Waals surface area contributed by atoms with Gasteiger partial charge in [0.1, 0.15) is 18.2 Å². The Labute approximate surface area is 212 Å². The molecule has 0 atom stereocenters. The van der Waals surface area contributed by atoms with Crippen LogP contribution in [0.2, 0.25) is 0 Å².